The quantitative estimate of drug-likeness (QED) is 0.852. The van der Waals surface area contributed by atoms with Crippen molar-refractivity contribution < 1.29 is 9.53 Å². The van der Waals surface area contributed by atoms with E-state index in [0.29, 0.717) is 6.54 Å². The summed E-state index contributed by atoms with van der Waals surface area (Å²) in [5.74, 6) is 0.852. The number of hydrogen-bond donors (Lipinski definition) is 1. The number of urea groups is 1. The number of methoxy groups -OCH3 is 1. The molecule has 144 valence electrons. The summed E-state index contributed by atoms with van der Waals surface area (Å²) in [6, 6.07) is 16.7. The van der Waals surface area contributed by atoms with E-state index in [-0.39, 0.29) is 6.03 Å². The minimum absolute atomic E-state index is 0.0319. The molecule has 2 amide bonds. The van der Waals surface area contributed by atoms with Gasteiger partial charge >= 0.3 is 6.03 Å². The van der Waals surface area contributed by atoms with Gasteiger partial charge in [0.1, 0.15) is 5.75 Å². The molecule has 1 aliphatic rings. The fraction of sp³-hybridized carbons (Fsp3) is 0.409. The van der Waals surface area contributed by atoms with Gasteiger partial charge in [-0.2, -0.15) is 0 Å². The molecule has 3 rings (SSSR count). The highest BCUT2D eigenvalue weighted by molar-refractivity contribution is 5.74. The van der Waals surface area contributed by atoms with E-state index < -0.39 is 0 Å². The van der Waals surface area contributed by atoms with Crippen molar-refractivity contribution in [3.63, 3.8) is 0 Å². The van der Waals surface area contributed by atoms with Crippen LogP contribution in [0.2, 0.25) is 0 Å². The van der Waals surface area contributed by atoms with Gasteiger partial charge < -0.3 is 19.9 Å². The predicted octanol–water partition coefficient (Wildman–Crippen LogP) is 3.33. The van der Waals surface area contributed by atoms with Gasteiger partial charge in [-0.25, -0.2) is 4.79 Å². The molecule has 1 fully saturated rings. The van der Waals surface area contributed by atoms with E-state index >= 15 is 0 Å². The van der Waals surface area contributed by atoms with Gasteiger partial charge in [-0.15, -0.1) is 0 Å². The Bertz CT molecular complexity index is 720. The molecular weight excluding hydrogens is 338 g/mol. The van der Waals surface area contributed by atoms with Crippen LogP contribution in [0.1, 0.15) is 18.1 Å². The summed E-state index contributed by atoms with van der Waals surface area (Å²) in [5, 5.41) is 3.04. The summed E-state index contributed by atoms with van der Waals surface area (Å²) in [7, 11) is 1.66. The van der Waals surface area contributed by atoms with E-state index in [2.05, 4.69) is 41.4 Å². The molecule has 1 saturated heterocycles. The summed E-state index contributed by atoms with van der Waals surface area (Å²) in [6.07, 6.45) is 1.88. The normalized spacial score (nSPS) is 14.1. The van der Waals surface area contributed by atoms with Crippen LogP contribution in [-0.4, -0.2) is 50.8 Å². The number of ether oxygens (including phenoxy) is 1. The summed E-state index contributed by atoms with van der Waals surface area (Å²) in [5.41, 5.74) is 3.79. The van der Waals surface area contributed by atoms with Crippen LogP contribution in [-0.2, 0) is 12.8 Å². The molecule has 2 aromatic carbocycles. The number of hydrogen-bond acceptors (Lipinski definition) is 3. The van der Waals surface area contributed by atoms with E-state index in [0.717, 1.165) is 44.8 Å². The van der Waals surface area contributed by atoms with Crippen LogP contribution in [0.4, 0.5) is 10.5 Å². The van der Waals surface area contributed by atoms with E-state index in [1.54, 1.807) is 7.11 Å². The molecule has 0 radical (unpaired) electrons. The smallest absolute Gasteiger partial charge is 0.317 e. The zero-order valence-corrected chi connectivity index (χ0v) is 16.3. The highest BCUT2D eigenvalue weighted by Crippen LogP contribution is 2.17. The SMILES string of the molecule is CCc1ccc(N2CCN(C(=O)NCCc3ccc(OC)cc3)CC2)cc1. The van der Waals surface area contributed by atoms with Crippen LogP contribution < -0.4 is 15.0 Å². The van der Waals surface area contributed by atoms with Crippen molar-refractivity contribution >= 4 is 11.7 Å². The van der Waals surface area contributed by atoms with Gasteiger partial charge in [0.2, 0.25) is 0 Å². The van der Waals surface area contributed by atoms with Gasteiger partial charge in [-0.05, 0) is 48.2 Å². The maximum atomic E-state index is 12.4. The fourth-order valence-corrected chi connectivity index (χ4v) is 3.33. The van der Waals surface area contributed by atoms with Gasteiger partial charge in [0.05, 0.1) is 7.11 Å². The summed E-state index contributed by atoms with van der Waals surface area (Å²) < 4.78 is 5.16. The van der Waals surface area contributed by atoms with Gasteiger partial charge in [0.15, 0.2) is 0 Å². The summed E-state index contributed by atoms with van der Waals surface area (Å²) in [4.78, 5) is 16.6. The first kappa shape index (κ1) is 19.1. The number of carbonyl (C=O) groups excluding carboxylic acids is 1. The van der Waals surface area contributed by atoms with Crippen LogP contribution >= 0.6 is 0 Å². The number of benzene rings is 2. The Morgan fingerprint density at radius 3 is 2.19 bits per heavy atom. The molecule has 0 bridgehead atoms. The second kappa shape index (κ2) is 9.31. The van der Waals surface area contributed by atoms with Gasteiger partial charge in [0, 0.05) is 38.4 Å². The number of rotatable bonds is 6. The topological polar surface area (TPSA) is 44.8 Å². The Kier molecular flexibility index (Phi) is 6.58. The fourth-order valence-electron chi connectivity index (χ4n) is 3.33. The molecular formula is C22H29N3O2. The number of carbonyl (C=O) groups is 1. The van der Waals surface area contributed by atoms with Crippen molar-refractivity contribution in [2.75, 3.05) is 44.7 Å². The van der Waals surface area contributed by atoms with Crippen molar-refractivity contribution in [1.29, 1.82) is 0 Å². The molecule has 27 heavy (non-hydrogen) atoms. The number of amides is 2. The highest BCUT2D eigenvalue weighted by atomic mass is 16.5. The standard InChI is InChI=1S/C22H29N3O2/c1-3-18-4-8-20(9-5-18)24-14-16-25(17-15-24)22(26)23-13-12-19-6-10-21(27-2)11-7-19/h4-11H,3,12-17H2,1-2H3,(H,23,26). The molecule has 1 N–H and O–H groups in total. The third-order valence-electron chi connectivity index (χ3n) is 5.13. The lowest BCUT2D eigenvalue weighted by Gasteiger charge is -2.36. The minimum Gasteiger partial charge on any atom is -0.497 e. The Hall–Kier alpha value is -2.69. The zero-order valence-electron chi connectivity index (χ0n) is 16.3. The first-order chi connectivity index (χ1) is 13.2. The zero-order chi connectivity index (χ0) is 19.1. The molecule has 0 unspecified atom stereocenters. The molecule has 0 aliphatic carbocycles. The molecule has 1 aliphatic heterocycles. The average Bonchev–Trinajstić information content (AvgIpc) is 2.74. The third kappa shape index (κ3) is 5.16. The lowest BCUT2D eigenvalue weighted by atomic mass is 10.1. The molecule has 0 aromatic heterocycles. The average molecular weight is 367 g/mol. The molecule has 0 atom stereocenters. The molecule has 0 saturated carbocycles. The Morgan fingerprint density at radius 2 is 1.59 bits per heavy atom. The van der Waals surface area contributed by atoms with Crippen LogP contribution in [0, 0.1) is 0 Å². The number of anilines is 1. The van der Waals surface area contributed by atoms with Crippen molar-refractivity contribution in [3.8, 4) is 5.75 Å². The lowest BCUT2D eigenvalue weighted by molar-refractivity contribution is 0.194. The molecule has 1 heterocycles. The van der Waals surface area contributed by atoms with Crippen LogP contribution in [0.5, 0.6) is 5.75 Å². The van der Waals surface area contributed by atoms with Crippen molar-refractivity contribution in [2.45, 2.75) is 19.8 Å². The first-order valence-corrected chi connectivity index (χ1v) is 9.69. The summed E-state index contributed by atoms with van der Waals surface area (Å²) >= 11 is 0. The van der Waals surface area contributed by atoms with Gasteiger partial charge in [0.25, 0.3) is 0 Å². The Labute approximate surface area is 161 Å². The number of piperazine rings is 1. The second-order valence-corrected chi connectivity index (χ2v) is 6.82. The van der Waals surface area contributed by atoms with E-state index in [4.69, 9.17) is 4.74 Å². The van der Waals surface area contributed by atoms with Crippen molar-refractivity contribution in [2.24, 2.45) is 0 Å². The third-order valence-corrected chi connectivity index (χ3v) is 5.13. The molecule has 5 heteroatoms. The maximum absolute atomic E-state index is 12.4. The minimum atomic E-state index is 0.0319. The highest BCUT2D eigenvalue weighted by Gasteiger charge is 2.20. The Morgan fingerprint density at radius 1 is 0.963 bits per heavy atom. The Balaban J connectivity index is 1.41. The molecule has 2 aromatic rings. The van der Waals surface area contributed by atoms with Gasteiger partial charge in [-0.1, -0.05) is 31.2 Å². The van der Waals surface area contributed by atoms with Crippen molar-refractivity contribution in [1.82, 2.24) is 10.2 Å². The largest absolute Gasteiger partial charge is 0.497 e. The number of aryl methyl sites for hydroxylation is 1. The van der Waals surface area contributed by atoms with Crippen LogP contribution in [0.25, 0.3) is 0 Å². The van der Waals surface area contributed by atoms with Crippen LogP contribution in [0.3, 0.4) is 0 Å². The second-order valence-electron chi connectivity index (χ2n) is 6.82. The van der Waals surface area contributed by atoms with E-state index in [1.807, 2.05) is 29.2 Å². The number of nitrogens with zero attached hydrogens (tertiary/aromatic N) is 2. The van der Waals surface area contributed by atoms with Crippen LogP contribution in [0.15, 0.2) is 48.5 Å². The first-order valence-electron chi connectivity index (χ1n) is 9.69. The summed E-state index contributed by atoms with van der Waals surface area (Å²) in [6.45, 7) is 6.06. The van der Waals surface area contributed by atoms with Crippen molar-refractivity contribution in [3.05, 3.63) is 59.7 Å². The monoisotopic (exact) mass is 367 g/mol. The molecule has 0 spiro atoms. The number of nitrogens with one attached hydrogen (secondary N) is 1. The molecule has 5 nitrogen and oxygen atoms in total. The van der Waals surface area contributed by atoms with Gasteiger partial charge in [-0.3, -0.25) is 0 Å². The maximum Gasteiger partial charge on any atom is 0.317 e. The van der Waals surface area contributed by atoms with E-state index in [1.165, 1.54) is 16.8 Å². The predicted molar refractivity (Wildman–Crippen MR) is 110 cm³/mol. The lowest BCUT2D eigenvalue weighted by Crippen LogP contribution is -2.52. The van der Waals surface area contributed by atoms with E-state index in [9.17, 15) is 4.79 Å².